The predicted octanol–water partition coefficient (Wildman–Crippen LogP) is 5.61. The average molecular weight is 774 g/mol. The van der Waals surface area contributed by atoms with Gasteiger partial charge in [0.1, 0.15) is 36.5 Å². The van der Waals surface area contributed by atoms with E-state index in [2.05, 4.69) is 41.9 Å². The second kappa shape index (κ2) is 19.0. The molecule has 4 N–H and O–H groups in total. The van der Waals surface area contributed by atoms with E-state index in [1.54, 1.807) is 12.3 Å². The minimum Gasteiger partial charge on any atom is -0.492 e. The lowest BCUT2D eigenvalue weighted by molar-refractivity contribution is 0.0942. The van der Waals surface area contributed by atoms with Crippen LogP contribution in [-0.2, 0) is 19.8 Å². The van der Waals surface area contributed by atoms with Crippen molar-refractivity contribution in [1.82, 2.24) is 35.8 Å². The van der Waals surface area contributed by atoms with Gasteiger partial charge in [-0.15, -0.1) is 5.10 Å². The van der Waals surface area contributed by atoms with Crippen LogP contribution in [0.2, 0.25) is 10.0 Å². The summed E-state index contributed by atoms with van der Waals surface area (Å²) < 4.78 is 18.7. The van der Waals surface area contributed by atoms with Crippen molar-refractivity contribution < 1.29 is 24.4 Å². The summed E-state index contributed by atoms with van der Waals surface area (Å²) in [5.74, 6) is 2.66. The Balaban J connectivity index is 1.16. The molecule has 1 saturated heterocycles. The van der Waals surface area contributed by atoms with Gasteiger partial charge in [-0.05, 0) is 78.2 Å². The zero-order chi connectivity index (χ0) is 37.9. The maximum Gasteiger partial charge on any atom is 0.152 e. The van der Waals surface area contributed by atoms with E-state index in [-0.39, 0.29) is 25.7 Å². The number of likely N-dealkylation sites (tertiary alicyclic amines) is 1. The molecule has 2 atom stereocenters. The first kappa shape index (κ1) is 38.9. The highest BCUT2D eigenvalue weighted by Gasteiger charge is 2.27. The van der Waals surface area contributed by atoms with Crippen molar-refractivity contribution in [1.29, 1.82) is 5.26 Å². The van der Waals surface area contributed by atoms with Gasteiger partial charge in [0.05, 0.1) is 34.9 Å². The highest BCUT2D eigenvalue weighted by molar-refractivity contribution is 6.35. The van der Waals surface area contributed by atoms with Gasteiger partial charge in [0.25, 0.3) is 0 Å². The fourth-order valence-corrected chi connectivity index (χ4v) is 6.87. The number of nitriles is 1. The Morgan fingerprint density at radius 3 is 2.67 bits per heavy atom. The van der Waals surface area contributed by atoms with E-state index in [4.69, 9.17) is 42.5 Å². The summed E-state index contributed by atoms with van der Waals surface area (Å²) in [5, 5.41) is 46.3. The Labute approximate surface area is 323 Å². The maximum atomic E-state index is 9.48. The molecular weight excluding hydrogens is 731 g/mol. The average Bonchev–Trinajstić information content (AvgIpc) is 3.90. The fourth-order valence-electron chi connectivity index (χ4n) is 6.34. The van der Waals surface area contributed by atoms with Crippen LogP contribution in [0.15, 0.2) is 67.0 Å². The van der Waals surface area contributed by atoms with Crippen LogP contribution in [0, 0.1) is 18.3 Å². The van der Waals surface area contributed by atoms with Gasteiger partial charge >= 0.3 is 0 Å². The molecule has 0 aliphatic carbocycles. The summed E-state index contributed by atoms with van der Waals surface area (Å²) in [5.41, 5.74) is 5.88. The van der Waals surface area contributed by atoms with Gasteiger partial charge in [-0.3, -0.25) is 9.88 Å². The number of benzene rings is 3. The van der Waals surface area contributed by atoms with Gasteiger partial charge in [0.2, 0.25) is 0 Å². The standard InChI is InChI=1S/C39H42Cl2N8O5/c1-25-29(5-2-6-32(25)33-7-3-8-35(38(33)41)52-12-4-10-43-19-31(51)22-50)24-54-37-15-36(53-23-27-13-26(16-42)17-44-18-27)30(14-34(37)40)21-49-11-9-28(20-49)39-45-47-48-46-39/h2-3,5-8,13-15,17-18,28,31,43,50-51H,4,9-12,19-24H2,1H3,(H,45,46,47,48)/t28?,31-/m0/s1. The highest BCUT2D eigenvalue weighted by atomic mass is 35.5. The molecule has 1 unspecified atom stereocenters. The molecule has 3 heterocycles. The molecule has 282 valence electrons. The summed E-state index contributed by atoms with van der Waals surface area (Å²) in [6.07, 6.45) is 4.04. The first-order chi connectivity index (χ1) is 26.3. The second-order valence-corrected chi connectivity index (χ2v) is 13.9. The lowest BCUT2D eigenvalue weighted by Crippen LogP contribution is -2.30. The predicted molar refractivity (Wildman–Crippen MR) is 204 cm³/mol. The van der Waals surface area contributed by atoms with Gasteiger partial charge in [-0.25, -0.2) is 5.10 Å². The van der Waals surface area contributed by atoms with E-state index in [0.717, 1.165) is 58.7 Å². The molecule has 15 heteroatoms. The largest absolute Gasteiger partial charge is 0.492 e. The molecule has 13 nitrogen and oxygen atoms in total. The van der Waals surface area contributed by atoms with Gasteiger partial charge in [0.15, 0.2) is 5.82 Å². The quantitative estimate of drug-likeness (QED) is 0.0813. The number of aliphatic hydroxyl groups excluding tert-OH is 2. The molecule has 0 spiro atoms. The van der Waals surface area contributed by atoms with Crippen molar-refractivity contribution in [2.75, 3.05) is 39.4 Å². The topological polar surface area (TPSA) is 175 Å². The number of pyridine rings is 1. The molecule has 0 bridgehead atoms. The maximum absolute atomic E-state index is 9.48. The van der Waals surface area contributed by atoms with Crippen molar-refractivity contribution in [2.24, 2.45) is 0 Å². The monoisotopic (exact) mass is 772 g/mol. The van der Waals surface area contributed by atoms with Gasteiger partial charge in [0, 0.05) is 60.7 Å². The van der Waals surface area contributed by atoms with Gasteiger partial charge in [-0.2, -0.15) is 5.26 Å². The molecule has 1 aliphatic heterocycles. The zero-order valence-corrected chi connectivity index (χ0v) is 31.4. The van der Waals surface area contributed by atoms with Gasteiger partial charge in [-0.1, -0.05) is 53.5 Å². The third-order valence-electron chi connectivity index (χ3n) is 9.28. The van der Waals surface area contributed by atoms with Crippen LogP contribution in [0.25, 0.3) is 11.1 Å². The van der Waals surface area contributed by atoms with E-state index in [1.807, 2.05) is 55.5 Å². The fraction of sp³-hybridized carbons (Fsp3) is 0.359. The molecule has 5 aromatic rings. The van der Waals surface area contributed by atoms with Crippen molar-refractivity contribution in [3.63, 3.8) is 0 Å². The van der Waals surface area contributed by atoms with Crippen LogP contribution in [0.5, 0.6) is 17.2 Å². The first-order valence-corrected chi connectivity index (χ1v) is 18.5. The van der Waals surface area contributed by atoms with Crippen molar-refractivity contribution >= 4 is 23.2 Å². The number of aromatic nitrogens is 5. The first-order valence-electron chi connectivity index (χ1n) is 17.7. The third kappa shape index (κ3) is 10.0. The number of hydrogen-bond donors (Lipinski definition) is 4. The van der Waals surface area contributed by atoms with Crippen LogP contribution in [0.1, 0.15) is 52.4 Å². The summed E-state index contributed by atoms with van der Waals surface area (Å²) in [7, 11) is 0. The van der Waals surface area contributed by atoms with Crippen LogP contribution >= 0.6 is 23.2 Å². The highest BCUT2D eigenvalue weighted by Crippen LogP contribution is 2.39. The Morgan fingerprint density at radius 2 is 1.85 bits per heavy atom. The lowest BCUT2D eigenvalue weighted by Gasteiger charge is -2.20. The normalized spacial score (nSPS) is 14.9. The number of nitrogens with zero attached hydrogens (tertiary/aromatic N) is 6. The minimum atomic E-state index is -0.780. The summed E-state index contributed by atoms with van der Waals surface area (Å²) in [6, 6.07) is 19.3. The van der Waals surface area contributed by atoms with E-state index in [9.17, 15) is 10.4 Å². The Kier molecular flexibility index (Phi) is 13.7. The molecule has 0 saturated carbocycles. The molecule has 6 rings (SSSR count). The van der Waals surface area contributed by atoms with Crippen molar-refractivity contribution in [3.05, 3.63) is 111 Å². The SMILES string of the molecule is Cc1c(COc2cc(OCc3cncc(C#N)c3)c(CN3CCC(c4nnn[nH]4)C3)cc2Cl)cccc1-c1cccc(OCCCNC[C@H](O)CO)c1Cl. The molecule has 0 radical (unpaired) electrons. The summed E-state index contributed by atoms with van der Waals surface area (Å²) in [4.78, 5) is 6.49. The van der Waals surface area contributed by atoms with E-state index in [0.29, 0.717) is 65.5 Å². The second-order valence-electron chi connectivity index (χ2n) is 13.1. The number of ether oxygens (including phenoxy) is 3. The molecule has 0 amide bonds. The number of aliphatic hydroxyl groups is 2. The molecule has 2 aromatic heterocycles. The van der Waals surface area contributed by atoms with Crippen molar-refractivity contribution in [3.8, 4) is 34.4 Å². The minimum absolute atomic E-state index is 0.207. The third-order valence-corrected chi connectivity index (χ3v) is 9.96. The number of rotatable bonds is 18. The molecule has 54 heavy (non-hydrogen) atoms. The summed E-state index contributed by atoms with van der Waals surface area (Å²) >= 11 is 13.8. The Bertz CT molecular complexity index is 2040. The zero-order valence-electron chi connectivity index (χ0n) is 29.8. The van der Waals surface area contributed by atoms with E-state index in [1.165, 1.54) is 6.20 Å². The van der Waals surface area contributed by atoms with Crippen LogP contribution < -0.4 is 19.5 Å². The number of H-pyrrole nitrogens is 1. The Morgan fingerprint density at radius 1 is 1.02 bits per heavy atom. The molecule has 3 aromatic carbocycles. The molecule has 1 fully saturated rings. The summed E-state index contributed by atoms with van der Waals surface area (Å²) in [6.45, 7) is 5.83. The number of nitrogens with one attached hydrogen (secondary N) is 2. The van der Waals surface area contributed by atoms with E-state index < -0.39 is 6.10 Å². The number of halogens is 2. The number of tetrazole rings is 1. The van der Waals surface area contributed by atoms with Crippen LogP contribution in [0.3, 0.4) is 0 Å². The van der Waals surface area contributed by atoms with E-state index >= 15 is 0 Å². The number of hydrogen-bond acceptors (Lipinski definition) is 12. The van der Waals surface area contributed by atoms with Crippen LogP contribution in [-0.4, -0.2) is 86.2 Å². The number of aromatic amines is 1. The Hall–Kier alpha value is -4.81. The lowest BCUT2D eigenvalue weighted by atomic mass is 9.96. The van der Waals surface area contributed by atoms with Gasteiger partial charge < -0.3 is 29.7 Å². The van der Waals surface area contributed by atoms with Crippen molar-refractivity contribution in [2.45, 2.75) is 51.5 Å². The smallest absolute Gasteiger partial charge is 0.152 e. The van der Waals surface area contributed by atoms with Crippen LogP contribution in [0.4, 0.5) is 0 Å². The molecule has 1 aliphatic rings. The molecular formula is C39H42Cl2N8O5.